The van der Waals surface area contributed by atoms with Crippen LogP contribution in [0, 0.1) is 0 Å². The number of aryl methyl sites for hydroxylation is 1. The topological polar surface area (TPSA) is 57.8 Å². The molecule has 1 aromatic heterocycles. The van der Waals surface area contributed by atoms with E-state index in [4.69, 9.17) is 27.9 Å². The molecule has 6 nitrogen and oxygen atoms in total. The van der Waals surface area contributed by atoms with Crippen molar-refractivity contribution < 1.29 is 27.4 Å². The van der Waals surface area contributed by atoms with Gasteiger partial charge >= 0.3 is 12.3 Å². The van der Waals surface area contributed by atoms with E-state index in [1.807, 2.05) is 4.57 Å². The summed E-state index contributed by atoms with van der Waals surface area (Å²) in [6.07, 6.45) is -4.82. The smallest absolute Gasteiger partial charge is 0.465 e. The zero-order valence-corrected chi connectivity index (χ0v) is 19.9. The number of carbonyl (C=O) groups is 1. The monoisotopic (exact) mass is 523 g/mol. The normalized spacial score (nSPS) is 12.3. The molecule has 0 bridgehead atoms. The third-order valence-corrected chi connectivity index (χ3v) is 5.93. The molecule has 0 radical (unpaired) electrons. The molecule has 0 N–H and O–H groups in total. The Morgan fingerprint density at radius 2 is 1.66 bits per heavy atom. The van der Waals surface area contributed by atoms with Crippen LogP contribution in [0.2, 0.25) is 10.0 Å². The Balaban J connectivity index is 1.86. The van der Waals surface area contributed by atoms with E-state index in [1.165, 1.54) is 25.3 Å². The molecule has 0 spiro atoms. The number of fused-ring (bicyclic) bond motifs is 1. The summed E-state index contributed by atoms with van der Waals surface area (Å²) in [6.45, 7) is 0.328. The lowest BCUT2D eigenvalue weighted by Crippen LogP contribution is -2.24. The highest BCUT2D eigenvalue weighted by atomic mass is 35.5. The Morgan fingerprint density at radius 1 is 1.00 bits per heavy atom. The molecule has 0 aliphatic carbocycles. The van der Waals surface area contributed by atoms with E-state index >= 15 is 0 Å². The number of rotatable bonds is 5. The Bertz CT molecular complexity index is 1480. The summed E-state index contributed by atoms with van der Waals surface area (Å²) >= 11 is 12.5. The Hall–Kier alpha value is -3.43. The van der Waals surface area contributed by atoms with Gasteiger partial charge in [-0.3, -0.25) is 0 Å². The molecule has 35 heavy (non-hydrogen) atoms. The zero-order chi connectivity index (χ0) is 25.3. The molecule has 3 aromatic carbocycles. The van der Waals surface area contributed by atoms with Crippen LogP contribution in [0.1, 0.15) is 15.9 Å². The van der Waals surface area contributed by atoms with Crippen molar-refractivity contribution in [3.63, 3.8) is 0 Å². The van der Waals surface area contributed by atoms with Gasteiger partial charge in [-0.2, -0.15) is 0 Å². The molecule has 182 valence electrons. The average molecular weight is 524 g/mol. The van der Waals surface area contributed by atoms with Crippen LogP contribution >= 0.6 is 23.2 Å². The fourth-order valence-electron chi connectivity index (χ4n) is 3.61. The van der Waals surface area contributed by atoms with E-state index in [0.29, 0.717) is 38.8 Å². The molecule has 0 unspecified atom stereocenters. The van der Waals surface area contributed by atoms with Crippen LogP contribution in [0.25, 0.3) is 11.0 Å². The van der Waals surface area contributed by atoms with Gasteiger partial charge in [-0.05, 0) is 42.0 Å². The molecular weight excluding hydrogens is 506 g/mol. The molecule has 0 saturated heterocycles. The second kappa shape index (κ2) is 9.67. The molecule has 11 heteroatoms. The fourth-order valence-corrected chi connectivity index (χ4v) is 3.93. The first kappa shape index (κ1) is 24.7. The highest BCUT2D eigenvalue weighted by molar-refractivity contribution is 6.42. The minimum absolute atomic E-state index is 0.254. The second-order valence-electron chi connectivity index (χ2n) is 7.55. The third-order valence-electron chi connectivity index (χ3n) is 5.21. The number of halogens is 5. The van der Waals surface area contributed by atoms with Crippen LogP contribution in [-0.4, -0.2) is 28.6 Å². The minimum Gasteiger partial charge on any atom is -0.465 e. The maximum atomic E-state index is 12.7. The maximum absolute atomic E-state index is 12.7. The number of carbonyl (C=O) groups excluding carboxylic acids is 1. The van der Waals surface area contributed by atoms with Crippen LogP contribution in [0.3, 0.4) is 0 Å². The number of hydrogen-bond acceptors (Lipinski definition) is 4. The van der Waals surface area contributed by atoms with Crippen molar-refractivity contribution in [1.29, 1.82) is 0 Å². The number of esters is 1. The van der Waals surface area contributed by atoms with Gasteiger partial charge in [0.2, 0.25) is 5.62 Å². The van der Waals surface area contributed by atoms with E-state index < -0.39 is 12.3 Å². The van der Waals surface area contributed by atoms with Crippen LogP contribution in [0.4, 0.5) is 18.9 Å². The SMILES string of the molecule is COC(=O)c1ccc(Cn2/c(=N/c3cccc(OC(F)(F)F)c3)n(C)c3cc(Cl)c(Cl)cc32)cc1. The van der Waals surface area contributed by atoms with Gasteiger partial charge in [-0.25, -0.2) is 9.79 Å². The van der Waals surface area contributed by atoms with E-state index in [-0.39, 0.29) is 11.4 Å². The van der Waals surface area contributed by atoms with Crippen molar-refractivity contribution in [1.82, 2.24) is 9.13 Å². The lowest BCUT2D eigenvalue weighted by molar-refractivity contribution is -0.274. The minimum atomic E-state index is -4.82. The summed E-state index contributed by atoms with van der Waals surface area (Å²) in [6, 6.07) is 15.6. The number of ether oxygens (including phenoxy) is 2. The number of benzene rings is 3. The average Bonchev–Trinajstić information content (AvgIpc) is 3.03. The van der Waals surface area contributed by atoms with Crippen LogP contribution in [0.15, 0.2) is 65.7 Å². The first-order chi connectivity index (χ1) is 16.6. The molecule has 0 saturated carbocycles. The molecule has 0 fully saturated rings. The number of aromatic nitrogens is 2. The summed E-state index contributed by atoms with van der Waals surface area (Å²) in [5.74, 6) is -0.832. The van der Waals surface area contributed by atoms with Gasteiger partial charge in [0.25, 0.3) is 0 Å². The lowest BCUT2D eigenvalue weighted by atomic mass is 10.1. The summed E-state index contributed by atoms with van der Waals surface area (Å²) < 4.78 is 50.4. The van der Waals surface area contributed by atoms with Gasteiger partial charge in [0.15, 0.2) is 0 Å². The number of imidazole rings is 1. The number of nitrogens with zero attached hydrogens (tertiary/aromatic N) is 3. The van der Waals surface area contributed by atoms with Gasteiger partial charge in [-0.15, -0.1) is 13.2 Å². The second-order valence-corrected chi connectivity index (χ2v) is 8.36. The van der Waals surface area contributed by atoms with Crippen molar-refractivity contribution in [2.75, 3.05) is 7.11 Å². The number of hydrogen-bond donors (Lipinski definition) is 0. The molecule has 0 aliphatic rings. The summed E-state index contributed by atoms with van der Waals surface area (Å²) in [4.78, 5) is 16.3. The quantitative estimate of drug-likeness (QED) is 0.290. The Kier molecular flexibility index (Phi) is 6.82. The molecule has 4 rings (SSSR count). The van der Waals surface area contributed by atoms with Crippen LogP contribution in [-0.2, 0) is 18.3 Å². The Labute approximate surface area is 207 Å². The van der Waals surface area contributed by atoms with E-state index in [1.54, 1.807) is 54.1 Å². The van der Waals surface area contributed by atoms with Crippen LogP contribution in [0.5, 0.6) is 5.75 Å². The summed E-state index contributed by atoms with van der Waals surface area (Å²) in [5.41, 5.74) is 3.35. The summed E-state index contributed by atoms with van der Waals surface area (Å²) in [5, 5.41) is 0.688. The Morgan fingerprint density at radius 3 is 2.29 bits per heavy atom. The maximum Gasteiger partial charge on any atom is 0.573 e. The van der Waals surface area contributed by atoms with Gasteiger partial charge < -0.3 is 18.6 Å². The number of alkyl halides is 3. The highest BCUT2D eigenvalue weighted by Crippen LogP contribution is 2.29. The molecule has 4 aromatic rings. The van der Waals surface area contributed by atoms with E-state index in [9.17, 15) is 18.0 Å². The van der Waals surface area contributed by atoms with Gasteiger partial charge in [0, 0.05) is 13.1 Å². The van der Waals surface area contributed by atoms with Gasteiger partial charge in [-0.1, -0.05) is 41.4 Å². The van der Waals surface area contributed by atoms with Crippen molar-refractivity contribution >= 4 is 45.9 Å². The first-order valence-corrected chi connectivity index (χ1v) is 10.9. The predicted octanol–water partition coefficient (Wildman–Crippen LogP) is 6.25. The first-order valence-electron chi connectivity index (χ1n) is 10.2. The van der Waals surface area contributed by atoms with Crippen molar-refractivity contribution in [3.8, 4) is 5.75 Å². The van der Waals surface area contributed by atoms with Gasteiger partial charge in [0.1, 0.15) is 5.75 Å². The molecule has 1 heterocycles. The standard InChI is InChI=1S/C24H18Cl2F3N3O3/c1-31-20-11-18(25)19(26)12-21(20)32(13-14-6-8-15(9-7-14)22(33)34-2)23(31)30-16-4-3-5-17(10-16)35-24(27,28)29/h3-12H,13H2,1-2H3/b30-23+. The van der Waals surface area contributed by atoms with Crippen molar-refractivity contribution in [3.05, 3.63) is 87.5 Å². The van der Waals surface area contributed by atoms with E-state index in [2.05, 4.69) is 9.73 Å². The fraction of sp³-hybridized carbons (Fsp3) is 0.167. The van der Waals surface area contributed by atoms with Gasteiger partial charge in [0.05, 0.1) is 46.0 Å². The predicted molar refractivity (Wildman–Crippen MR) is 126 cm³/mol. The molecule has 0 atom stereocenters. The van der Waals surface area contributed by atoms with Crippen molar-refractivity contribution in [2.24, 2.45) is 12.0 Å². The summed E-state index contributed by atoms with van der Waals surface area (Å²) in [7, 11) is 3.07. The van der Waals surface area contributed by atoms with Crippen LogP contribution < -0.4 is 10.4 Å². The molecule has 0 aliphatic heterocycles. The third kappa shape index (κ3) is 5.47. The zero-order valence-electron chi connectivity index (χ0n) is 18.4. The largest absolute Gasteiger partial charge is 0.573 e. The highest BCUT2D eigenvalue weighted by Gasteiger charge is 2.31. The lowest BCUT2D eigenvalue weighted by Gasteiger charge is -2.09. The molecular formula is C24H18Cl2F3N3O3. The number of methoxy groups -OCH3 is 1. The van der Waals surface area contributed by atoms with Crippen molar-refractivity contribution in [2.45, 2.75) is 12.9 Å². The molecule has 0 amide bonds. The van der Waals surface area contributed by atoms with E-state index in [0.717, 1.165) is 5.56 Å².